The number of rotatable bonds is 1. The highest BCUT2D eigenvalue weighted by atomic mass is 16.2. The number of carbonyl (C=O) groups excluding carboxylic acids is 1. The van der Waals surface area contributed by atoms with Gasteiger partial charge in [0.05, 0.1) is 6.54 Å². The molecule has 1 atom stereocenters. The van der Waals surface area contributed by atoms with Gasteiger partial charge in [0.1, 0.15) is 5.84 Å². The Labute approximate surface area is 113 Å². The molecule has 104 valence electrons. The number of quaternary nitrogens is 1. The van der Waals surface area contributed by atoms with Crippen molar-refractivity contribution in [1.82, 2.24) is 4.90 Å². The summed E-state index contributed by atoms with van der Waals surface area (Å²) in [5.74, 6) is 0.713. The van der Waals surface area contributed by atoms with Crippen LogP contribution in [0, 0.1) is 5.41 Å². The van der Waals surface area contributed by atoms with E-state index in [1.165, 1.54) is 19.0 Å². The quantitative estimate of drug-likeness (QED) is 0.626. The number of amides is 1. The van der Waals surface area contributed by atoms with Crippen molar-refractivity contribution < 1.29 is 10.1 Å². The van der Waals surface area contributed by atoms with Crippen LogP contribution in [0.2, 0.25) is 0 Å². The molecule has 2 saturated heterocycles. The maximum Gasteiger partial charge on any atom is 0.336 e. The van der Waals surface area contributed by atoms with Crippen LogP contribution in [0.5, 0.6) is 0 Å². The molecular formula is C14H23N4O+. The van der Waals surface area contributed by atoms with Crippen molar-refractivity contribution in [1.29, 1.82) is 5.41 Å². The first-order valence-electron chi connectivity index (χ1n) is 7.36. The summed E-state index contributed by atoms with van der Waals surface area (Å²) >= 11 is 0. The van der Waals surface area contributed by atoms with Crippen molar-refractivity contribution >= 4 is 11.7 Å². The first kappa shape index (κ1) is 12.7. The van der Waals surface area contributed by atoms with Gasteiger partial charge in [-0.3, -0.25) is 10.7 Å². The summed E-state index contributed by atoms with van der Waals surface area (Å²) in [5, 5.41) is 10.2. The molecule has 1 saturated carbocycles. The van der Waals surface area contributed by atoms with E-state index in [-0.39, 0.29) is 5.91 Å². The molecule has 3 rings (SSSR count). The van der Waals surface area contributed by atoms with Crippen LogP contribution in [-0.2, 0) is 4.79 Å². The van der Waals surface area contributed by atoms with Crippen LogP contribution < -0.4 is 11.1 Å². The molecule has 0 aromatic rings. The van der Waals surface area contributed by atoms with E-state index in [0.29, 0.717) is 18.3 Å². The van der Waals surface area contributed by atoms with Gasteiger partial charge >= 0.3 is 5.91 Å². The van der Waals surface area contributed by atoms with Crippen molar-refractivity contribution in [3.8, 4) is 0 Å². The maximum absolute atomic E-state index is 12.5. The minimum Gasteiger partial charge on any atom is -0.404 e. The Morgan fingerprint density at radius 2 is 2.11 bits per heavy atom. The Kier molecular flexibility index (Phi) is 3.09. The Morgan fingerprint density at radius 3 is 2.74 bits per heavy atom. The molecule has 1 aliphatic carbocycles. The number of piperidine rings is 1. The van der Waals surface area contributed by atoms with E-state index in [1.807, 2.05) is 5.32 Å². The Bertz CT molecular complexity index is 439. The largest absolute Gasteiger partial charge is 0.404 e. The molecule has 5 heteroatoms. The molecule has 3 fully saturated rings. The average Bonchev–Trinajstić information content (AvgIpc) is 3.00. The first-order valence-corrected chi connectivity index (χ1v) is 7.36. The van der Waals surface area contributed by atoms with Gasteiger partial charge in [-0.25, -0.2) is 4.79 Å². The molecule has 19 heavy (non-hydrogen) atoms. The van der Waals surface area contributed by atoms with Gasteiger partial charge in [0.15, 0.2) is 5.54 Å². The second kappa shape index (κ2) is 4.63. The number of amidine groups is 1. The summed E-state index contributed by atoms with van der Waals surface area (Å²) in [6.45, 7) is 0.883. The van der Waals surface area contributed by atoms with Gasteiger partial charge in [0.25, 0.3) is 0 Å². The van der Waals surface area contributed by atoms with Gasteiger partial charge < -0.3 is 10.6 Å². The third-order valence-corrected chi connectivity index (χ3v) is 4.96. The summed E-state index contributed by atoms with van der Waals surface area (Å²) in [5.41, 5.74) is 6.04. The summed E-state index contributed by atoms with van der Waals surface area (Å²) < 4.78 is 0. The number of primary amides is 1. The summed E-state index contributed by atoms with van der Waals surface area (Å²) in [4.78, 5) is 14.7. The predicted molar refractivity (Wildman–Crippen MR) is 72.5 cm³/mol. The van der Waals surface area contributed by atoms with E-state index in [1.54, 1.807) is 0 Å². The number of hydrogen-bond donors (Lipinski definition) is 3. The van der Waals surface area contributed by atoms with Gasteiger partial charge in [-0.05, 0) is 25.7 Å². The zero-order chi connectivity index (χ0) is 13.5. The Hall–Kier alpha value is -1.36. The smallest absolute Gasteiger partial charge is 0.336 e. The van der Waals surface area contributed by atoms with Crippen LogP contribution in [0.4, 0.5) is 0 Å². The zero-order valence-corrected chi connectivity index (χ0v) is 11.3. The first-order chi connectivity index (χ1) is 9.19. The molecule has 1 amide bonds. The van der Waals surface area contributed by atoms with Crippen molar-refractivity contribution in [3.63, 3.8) is 0 Å². The van der Waals surface area contributed by atoms with Crippen molar-refractivity contribution in [2.75, 3.05) is 6.54 Å². The van der Waals surface area contributed by atoms with Crippen LogP contribution in [0.25, 0.3) is 0 Å². The fourth-order valence-corrected chi connectivity index (χ4v) is 4.04. The van der Waals surface area contributed by atoms with Crippen LogP contribution in [0.3, 0.4) is 0 Å². The van der Waals surface area contributed by atoms with Gasteiger partial charge in [-0.15, -0.1) is 0 Å². The Balaban J connectivity index is 1.99. The van der Waals surface area contributed by atoms with Crippen LogP contribution in [0.1, 0.15) is 44.9 Å². The second-order valence-corrected chi connectivity index (χ2v) is 6.02. The minimum atomic E-state index is -0.477. The van der Waals surface area contributed by atoms with E-state index in [9.17, 15) is 4.79 Å². The molecule has 2 heterocycles. The highest BCUT2D eigenvalue weighted by Crippen LogP contribution is 2.42. The molecule has 2 aliphatic heterocycles. The van der Waals surface area contributed by atoms with Crippen LogP contribution in [-0.4, -0.2) is 34.8 Å². The van der Waals surface area contributed by atoms with E-state index in [0.717, 1.165) is 37.8 Å². The predicted octanol–water partition coefficient (Wildman–Crippen LogP) is 0.0772. The monoisotopic (exact) mass is 263 g/mol. The number of nitrogens with zero attached hydrogens (tertiary/aromatic N) is 1. The molecule has 0 aromatic carbocycles. The maximum atomic E-state index is 12.5. The van der Waals surface area contributed by atoms with E-state index < -0.39 is 5.54 Å². The molecule has 0 radical (unpaired) electrons. The second-order valence-electron chi connectivity index (χ2n) is 6.02. The van der Waals surface area contributed by atoms with Gasteiger partial charge in [-0.1, -0.05) is 12.8 Å². The lowest BCUT2D eigenvalue weighted by Crippen LogP contribution is -2.95. The molecule has 1 spiro atoms. The third-order valence-electron chi connectivity index (χ3n) is 4.96. The summed E-state index contributed by atoms with van der Waals surface area (Å²) in [6, 6.07) is 0.361. The highest BCUT2D eigenvalue weighted by Gasteiger charge is 2.57. The number of carbonyl (C=O) groups is 1. The zero-order valence-electron chi connectivity index (χ0n) is 11.3. The van der Waals surface area contributed by atoms with E-state index >= 15 is 0 Å². The average molecular weight is 263 g/mol. The lowest BCUT2D eigenvalue weighted by molar-refractivity contribution is -0.581. The Morgan fingerprint density at radius 1 is 1.37 bits per heavy atom. The van der Waals surface area contributed by atoms with Crippen LogP contribution >= 0.6 is 0 Å². The van der Waals surface area contributed by atoms with Crippen molar-refractivity contribution in [2.45, 2.75) is 56.5 Å². The summed E-state index contributed by atoms with van der Waals surface area (Å²) in [7, 11) is 0. The molecule has 5 nitrogen and oxygen atoms in total. The van der Waals surface area contributed by atoms with Gasteiger partial charge in [0.2, 0.25) is 0 Å². The number of hydrogen-bond acceptors (Lipinski definition) is 3. The van der Waals surface area contributed by atoms with E-state index in [4.69, 9.17) is 11.1 Å². The fourth-order valence-electron chi connectivity index (χ4n) is 4.04. The number of nitrogens with one attached hydrogen (secondary N) is 1. The van der Waals surface area contributed by atoms with Gasteiger partial charge in [-0.2, -0.15) is 0 Å². The molecule has 0 aromatic heterocycles. The molecule has 5 N–H and O–H groups in total. The lowest BCUT2D eigenvalue weighted by Gasteiger charge is -2.41. The standard InChI is InChI=1S/C14H22N4O/c15-9-10-8-14(6-3-7-17-13(14)19)18(12(10)16)11-4-1-2-5-11/h9,11,16H,1-8,15H2,(H,17,19)/p+1/b10-9-,16-12?. The molecule has 0 bridgehead atoms. The topological polar surface area (TPSA) is 86.8 Å². The van der Waals surface area contributed by atoms with Crippen molar-refractivity contribution in [2.24, 2.45) is 5.73 Å². The van der Waals surface area contributed by atoms with E-state index in [2.05, 4.69) is 4.90 Å². The normalized spacial score (nSPS) is 34.9. The van der Waals surface area contributed by atoms with Gasteiger partial charge in [0, 0.05) is 24.2 Å². The molecular weight excluding hydrogens is 240 g/mol. The van der Waals surface area contributed by atoms with Crippen LogP contribution in [0.15, 0.2) is 11.8 Å². The molecule has 3 aliphatic rings. The third kappa shape index (κ3) is 1.79. The summed E-state index contributed by atoms with van der Waals surface area (Å²) in [6.07, 6.45) is 8.71. The number of nitrogens with two attached hydrogens (primary N) is 2. The SMILES string of the molecule is N=C1/C(=C\N)CC2(CCC[NH2+]C2=O)N1C1CCCC1. The highest BCUT2D eigenvalue weighted by molar-refractivity contribution is 6.04. The minimum absolute atomic E-state index is 0.215. The lowest BCUT2D eigenvalue weighted by atomic mass is 9.84. The molecule has 1 unspecified atom stereocenters. The fraction of sp³-hybridized carbons (Fsp3) is 0.714. The van der Waals surface area contributed by atoms with Crippen molar-refractivity contribution in [3.05, 3.63) is 11.8 Å². The number of likely N-dealkylation sites (tertiary alicyclic amines) is 1.